The highest BCUT2D eigenvalue weighted by Gasteiger charge is 2.15. The highest BCUT2D eigenvalue weighted by Crippen LogP contribution is 2.23. The number of rotatable bonds is 7. The van der Waals surface area contributed by atoms with Gasteiger partial charge in [0.05, 0.1) is 6.42 Å². The Morgan fingerprint density at radius 3 is 2.38 bits per heavy atom. The number of piperidine rings is 1. The fourth-order valence-corrected chi connectivity index (χ4v) is 3.65. The molecule has 1 saturated heterocycles. The van der Waals surface area contributed by atoms with Gasteiger partial charge in [0.25, 0.3) is 0 Å². The molecule has 1 aliphatic rings. The van der Waals surface area contributed by atoms with Crippen molar-refractivity contribution in [3.8, 4) is 0 Å². The normalized spacial score (nSPS) is 13.8. The Labute approximate surface area is 171 Å². The lowest BCUT2D eigenvalue weighted by molar-refractivity contribution is -0.121. The van der Waals surface area contributed by atoms with E-state index in [1.165, 1.54) is 37.9 Å². The van der Waals surface area contributed by atoms with Crippen molar-refractivity contribution in [3.05, 3.63) is 59.9 Å². The van der Waals surface area contributed by atoms with Crippen molar-refractivity contribution in [1.29, 1.82) is 0 Å². The van der Waals surface area contributed by atoms with Crippen LogP contribution in [0.1, 0.15) is 31.7 Å². The molecule has 1 N–H and O–H groups in total. The molecule has 0 radical (unpaired) electrons. The van der Waals surface area contributed by atoms with E-state index in [0.717, 1.165) is 18.8 Å². The van der Waals surface area contributed by atoms with Gasteiger partial charge in [-0.15, -0.1) is 0 Å². The lowest BCUT2D eigenvalue weighted by Crippen LogP contribution is -2.38. The van der Waals surface area contributed by atoms with Gasteiger partial charge in [0.1, 0.15) is 5.82 Å². The Morgan fingerprint density at radius 2 is 1.72 bits per heavy atom. The zero-order valence-electron chi connectivity index (χ0n) is 16.9. The Kier molecular flexibility index (Phi) is 7.22. The molecule has 2 aromatic carbocycles. The number of nitrogens with one attached hydrogen (secondary N) is 1. The molecule has 29 heavy (non-hydrogen) atoms. The minimum absolute atomic E-state index is 0.0166. The standard InChI is InChI=1S/C23H28FN3O2/c1-18(28)27(16-13-25-23(29)17-19-7-3-4-8-22(19)24)21-11-9-20(10-12-21)26-14-5-2-6-15-26/h3-4,7-12H,2,5-6,13-17H2,1H3,(H,25,29). The molecule has 0 aromatic heterocycles. The molecule has 0 saturated carbocycles. The highest BCUT2D eigenvalue weighted by molar-refractivity contribution is 5.91. The fraction of sp³-hybridized carbons (Fsp3) is 0.391. The van der Waals surface area contributed by atoms with Gasteiger partial charge in [-0.1, -0.05) is 18.2 Å². The van der Waals surface area contributed by atoms with Crippen molar-refractivity contribution in [2.45, 2.75) is 32.6 Å². The van der Waals surface area contributed by atoms with Crippen molar-refractivity contribution in [1.82, 2.24) is 5.32 Å². The summed E-state index contributed by atoms with van der Waals surface area (Å²) in [6.45, 7) is 4.33. The van der Waals surface area contributed by atoms with Gasteiger partial charge >= 0.3 is 0 Å². The summed E-state index contributed by atoms with van der Waals surface area (Å²) in [5, 5.41) is 2.77. The molecule has 5 nitrogen and oxygen atoms in total. The van der Waals surface area contributed by atoms with Crippen LogP contribution in [0, 0.1) is 5.82 Å². The van der Waals surface area contributed by atoms with Gasteiger partial charge in [0, 0.05) is 44.5 Å². The predicted octanol–water partition coefficient (Wildman–Crippen LogP) is 3.53. The number of amides is 2. The van der Waals surface area contributed by atoms with Crippen LogP contribution in [-0.2, 0) is 16.0 Å². The van der Waals surface area contributed by atoms with Gasteiger partial charge in [-0.25, -0.2) is 4.39 Å². The van der Waals surface area contributed by atoms with Crippen LogP contribution >= 0.6 is 0 Å². The second-order valence-electron chi connectivity index (χ2n) is 7.35. The molecule has 1 heterocycles. The van der Waals surface area contributed by atoms with E-state index in [0.29, 0.717) is 18.7 Å². The molecular formula is C23H28FN3O2. The summed E-state index contributed by atoms with van der Waals surface area (Å²) < 4.78 is 13.7. The summed E-state index contributed by atoms with van der Waals surface area (Å²) in [7, 11) is 0. The van der Waals surface area contributed by atoms with E-state index in [4.69, 9.17) is 0 Å². The molecule has 2 amide bonds. The summed E-state index contributed by atoms with van der Waals surface area (Å²) in [5.41, 5.74) is 2.35. The van der Waals surface area contributed by atoms with E-state index in [1.54, 1.807) is 23.1 Å². The monoisotopic (exact) mass is 397 g/mol. The molecule has 3 rings (SSSR count). The summed E-state index contributed by atoms with van der Waals surface area (Å²) >= 11 is 0. The number of benzene rings is 2. The van der Waals surface area contributed by atoms with Crippen LogP contribution in [0.4, 0.5) is 15.8 Å². The van der Waals surface area contributed by atoms with Crippen LogP contribution in [0.25, 0.3) is 0 Å². The van der Waals surface area contributed by atoms with Crippen molar-refractivity contribution >= 4 is 23.2 Å². The lowest BCUT2D eigenvalue weighted by atomic mass is 10.1. The van der Waals surface area contributed by atoms with Gasteiger partial charge in [0.2, 0.25) is 11.8 Å². The van der Waals surface area contributed by atoms with Gasteiger partial charge in [0.15, 0.2) is 0 Å². The smallest absolute Gasteiger partial charge is 0.224 e. The van der Waals surface area contributed by atoms with Crippen molar-refractivity contribution in [2.24, 2.45) is 0 Å². The van der Waals surface area contributed by atoms with E-state index >= 15 is 0 Å². The predicted molar refractivity (Wildman–Crippen MR) is 114 cm³/mol. The first kappa shape index (κ1) is 20.8. The molecule has 6 heteroatoms. The number of nitrogens with zero attached hydrogens (tertiary/aromatic N) is 2. The maximum atomic E-state index is 13.7. The first-order valence-electron chi connectivity index (χ1n) is 10.2. The minimum Gasteiger partial charge on any atom is -0.372 e. The van der Waals surface area contributed by atoms with Crippen LogP contribution in [0.5, 0.6) is 0 Å². The molecular weight excluding hydrogens is 369 g/mol. The van der Waals surface area contributed by atoms with E-state index in [9.17, 15) is 14.0 Å². The molecule has 1 fully saturated rings. The summed E-state index contributed by atoms with van der Waals surface area (Å²) in [6.07, 6.45) is 3.70. The zero-order chi connectivity index (χ0) is 20.6. The van der Waals surface area contributed by atoms with Gasteiger partial charge in [-0.2, -0.15) is 0 Å². The second-order valence-corrected chi connectivity index (χ2v) is 7.35. The zero-order valence-corrected chi connectivity index (χ0v) is 16.9. The van der Waals surface area contributed by atoms with Crippen molar-refractivity contribution < 1.29 is 14.0 Å². The lowest BCUT2D eigenvalue weighted by Gasteiger charge is -2.29. The second kappa shape index (κ2) is 10.0. The molecule has 0 atom stereocenters. The largest absolute Gasteiger partial charge is 0.372 e. The third-order valence-corrected chi connectivity index (χ3v) is 5.23. The quantitative estimate of drug-likeness (QED) is 0.778. The number of halogens is 1. The highest BCUT2D eigenvalue weighted by atomic mass is 19.1. The third kappa shape index (κ3) is 5.79. The number of anilines is 2. The summed E-state index contributed by atoms with van der Waals surface area (Å²) in [5.74, 6) is -0.736. The van der Waals surface area contributed by atoms with Crippen LogP contribution in [0.3, 0.4) is 0 Å². The van der Waals surface area contributed by atoms with Gasteiger partial charge in [-0.05, 0) is 55.2 Å². The molecule has 0 bridgehead atoms. The minimum atomic E-state index is -0.387. The van der Waals surface area contributed by atoms with Crippen molar-refractivity contribution in [3.63, 3.8) is 0 Å². The topological polar surface area (TPSA) is 52.7 Å². The number of carbonyl (C=O) groups excluding carboxylic acids is 2. The van der Waals surface area contributed by atoms with E-state index < -0.39 is 0 Å². The van der Waals surface area contributed by atoms with Crippen LogP contribution in [0.2, 0.25) is 0 Å². The van der Waals surface area contributed by atoms with Crippen molar-refractivity contribution in [2.75, 3.05) is 36.0 Å². The van der Waals surface area contributed by atoms with Gasteiger partial charge in [-0.3, -0.25) is 9.59 Å². The Hall–Kier alpha value is -2.89. The maximum Gasteiger partial charge on any atom is 0.224 e. The molecule has 0 unspecified atom stereocenters. The van der Waals surface area contributed by atoms with Gasteiger partial charge < -0.3 is 15.1 Å². The van der Waals surface area contributed by atoms with E-state index in [2.05, 4.69) is 10.2 Å². The van der Waals surface area contributed by atoms with E-state index in [1.807, 2.05) is 24.3 Å². The Morgan fingerprint density at radius 1 is 1.03 bits per heavy atom. The van der Waals surface area contributed by atoms with Crippen LogP contribution in [0.15, 0.2) is 48.5 Å². The molecule has 0 spiro atoms. The Bertz CT molecular complexity index is 832. The first-order valence-corrected chi connectivity index (χ1v) is 10.2. The summed E-state index contributed by atoms with van der Waals surface area (Å²) in [6, 6.07) is 14.2. The molecule has 2 aromatic rings. The Balaban J connectivity index is 1.54. The average Bonchev–Trinajstić information content (AvgIpc) is 2.73. The van der Waals surface area contributed by atoms with E-state index in [-0.39, 0.29) is 24.1 Å². The third-order valence-electron chi connectivity index (χ3n) is 5.23. The first-order chi connectivity index (χ1) is 14.0. The molecule has 0 aliphatic carbocycles. The number of hydrogen-bond donors (Lipinski definition) is 1. The maximum absolute atomic E-state index is 13.7. The number of carbonyl (C=O) groups is 2. The molecule has 1 aliphatic heterocycles. The average molecular weight is 397 g/mol. The fourth-order valence-electron chi connectivity index (χ4n) is 3.65. The SMILES string of the molecule is CC(=O)N(CCNC(=O)Cc1ccccc1F)c1ccc(N2CCCCC2)cc1. The molecule has 154 valence electrons. The summed E-state index contributed by atoms with van der Waals surface area (Å²) in [4.78, 5) is 28.2. The number of hydrogen-bond acceptors (Lipinski definition) is 3. The van der Waals surface area contributed by atoms with Crippen LogP contribution in [-0.4, -0.2) is 38.0 Å². The van der Waals surface area contributed by atoms with Crippen LogP contribution < -0.4 is 15.1 Å².